The van der Waals surface area contributed by atoms with Gasteiger partial charge in [-0.2, -0.15) is 0 Å². The van der Waals surface area contributed by atoms with Crippen LogP contribution in [0.3, 0.4) is 0 Å². The number of benzene rings is 2. The lowest BCUT2D eigenvalue weighted by Crippen LogP contribution is -2.14. The topological polar surface area (TPSA) is 97.7 Å². The number of esters is 1. The van der Waals surface area contributed by atoms with Crippen LogP contribution in [0, 0.1) is 5.82 Å². The lowest BCUT2D eigenvalue weighted by molar-refractivity contribution is -0.142. The summed E-state index contributed by atoms with van der Waals surface area (Å²) in [4.78, 5) is 23.9. The summed E-state index contributed by atoms with van der Waals surface area (Å²) in [5, 5.41) is 9.26. The smallest absolute Gasteiger partial charge is 0.335 e. The fraction of sp³-hybridized carbons (Fsp3) is 0.200. The van der Waals surface area contributed by atoms with Crippen LogP contribution in [0.25, 0.3) is 5.57 Å². The molecule has 6 nitrogen and oxygen atoms in total. The third-order valence-electron chi connectivity index (χ3n) is 3.86. The van der Waals surface area contributed by atoms with Crippen molar-refractivity contribution in [3.8, 4) is 0 Å². The third-order valence-corrected chi connectivity index (χ3v) is 4.98. The Balaban J connectivity index is 2.75. The van der Waals surface area contributed by atoms with Gasteiger partial charge in [0.2, 0.25) is 0 Å². The van der Waals surface area contributed by atoms with Gasteiger partial charge in [-0.05, 0) is 47.9 Å². The highest BCUT2D eigenvalue weighted by Gasteiger charge is 2.22. The second-order valence-electron chi connectivity index (χ2n) is 5.95. The van der Waals surface area contributed by atoms with Crippen molar-refractivity contribution >= 4 is 27.3 Å². The molecule has 0 bridgehead atoms. The molecule has 0 aliphatic carbocycles. The van der Waals surface area contributed by atoms with Gasteiger partial charge in [0.05, 0.1) is 23.5 Å². The zero-order valence-electron chi connectivity index (χ0n) is 15.3. The Morgan fingerprint density at radius 1 is 1.00 bits per heavy atom. The Hall–Kier alpha value is -3.00. The molecule has 0 fully saturated rings. The average molecular weight is 406 g/mol. The predicted octanol–water partition coefficient (Wildman–Crippen LogP) is 3.07. The first-order valence-electron chi connectivity index (χ1n) is 8.32. The van der Waals surface area contributed by atoms with E-state index in [0.29, 0.717) is 11.1 Å². The van der Waals surface area contributed by atoms with Crippen molar-refractivity contribution in [3.63, 3.8) is 0 Å². The molecule has 2 aromatic carbocycles. The summed E-state index contributed by atoms with van der Waals surface area (Å²) >= 11 is 0. The van der Waals surface area contributed by atoms with E-state index in [0.717, 1.165) is 6.26 Å². The molecule has 8 heteroatoms. The van der Waals surface area contributed by atoms with Gasteiger partial charge in [0.1, 0.15) is 5.82 Å². The molecule has 0 heterocycles. The molecule has 0 radical (unpaired) electrons. The van der Waals surface area contributed by atoms with Crippen LogP contribution in [0.1, 0.15) is 24.5 Å². The van der Waals surface area contributed by atoms with Gasteiger partial charge in [-0.25, -0.2) is 17.6 Å². The fourth-order valence-electron chi connectivity index (χ4n) is 2.63. The highest BCUT2D eigenvalue weighted by atomic mass is 32.2. The second kappa shape index (κ2) is 8.79. The maximum Gasteiger partial charge on any atom is 0.335 e. The zero-order chi connectivity index (χ0) is 20.9. The first kappa shape index (κ1) is 21.3. The van der Waals surface area contributed by atoms with Gasteiger partial charge in [-0.15, -0.1) is 0 Å². The van der Waals surface area contributed by atoms with Crippen molar-refractivity contribution in [1.29, 1.82) is 0 Å². The molecule has 0 unspecified atom stereocenters. The van der Waals surface area contributed by atoms with E-state index in [2.05, 4.69) is 0 Å². The SMILES string of the molecule is CCOC(=O)C(CC(=O)O)=C(c1ccc(F)cc1)c1ccc(S(C)(=O)=O)cc1. The molecular weight excluding hydrogens is 387 g/mol. The first-order valence-corrected chi connectivity index (χ1v) is 10.2. The Labute approximate surface area is 162 Å². The summed E-state index contributed by atoms with van der Waals surface area (Å²) in [6.07, 6.45) is 0.451. The maximum atomic E-state index is 13.4. The molecule has 148 valence electrons. The Kier molecular flexibility index (Phi) is 6.69. The molecule has 0 aromatic heterocycles. The molecule has 2 rings (SSSR count). The van der Waals surface area contributed by atoms with E-state index in [-0.39, 0.29) is 22.6 Å². The van der Waals surface area contributed by atoms with Crippen molar-refractivity contribution in [2.24, 2.45) is 0 Å². The zero-order valence-corrected chi connectivity index (χ0v) is 16.1. The number of carboxylic acid groups (broad SMARTS) is 1. The van der Waals surface area contributed by atoms with Gasteiger partial charge in [0, 0.05) is 6.26 Å². The van der Waals surface area contributed by atoms with Crippen LogP contribution in [0.4, 0.5) is 4.39 Å². The van der Waals surface area contributed by atoms with Crippen LogP contribution < -0.4 is 0 Å². The van der Waals surface area contributed by atoms with Gasteiger partial charge < -0.3 is 9.84 Å². The van der Waals surface area contributed by atoms with Crippen molar-refractivity contribution in [3.05, 3.63) is 71.0 Å². The number of hydrogen-bond acceptors (Lipinski definition) is 5. The van der Waals surface area contributed by atoms with Gasteiger partial charge in [0.15, 0.2) is 9.84 Å². The highest BCUT2D eigenvalue weighted by Crippen LogP contribution is 2.30. The van der Waals surface area contributed by atoms with E-state index in [1.165, 1.54) is 48.5 Å². The monoisotopic (exact) mass is 406 g/mol. The number of sulfone groups is 1. The van der Waals surface area contributed by atoms with Crippen molar-refractivity contribution < 1.29 is 32.2 Å². The van der Waals surface area contributed by atoms with Gasteiger partial charge >= 0.3 is 11.9 Å². The van der Waals surface area contributed by atoms with Crippen LogP contribution >= 0.6 is 0 Å². The summed E-state index contributed by atoms with van der Waals surface area (Å²) in [6, 6.07) is 10.8. The molecule has 2 aromatic rings. The van der Waals surface area contributed by atoms with Crippen molar-refractivity contribution in [2.75, 3.05) is 12.9 Å². The number of carboxylic acids is 1. The summed E-state index contributed by atoms with van der Waals surface area (Å²) in [6.45, 7) is 1.64. The molecule has 0 aliphatic heterocycles. The quantitative estimate of drug-likeness (QED) is 0.561. The molecular formula is C20H19FO6S. The minimum atomic E-state index is -3.43. The fourth-order valence-corrected chi connectivity index (χ4v) is 3.26. The third kappa shape index (κ3) is 5.26. The summed E-state index contributed by atoms with van der Waals surface area (Å²) in [5.41, 5.74) is 0.926. The number of carbonyl (C=O) groups excluding carboxylic acids is 1. The number of halogens is 1. The van der Waals surface area contributed by atoms with Crippen LogP contribution in [0.5, 0.6) is 0 Å². The summed E-state index contributed by atoms with van der Waals surface area (Å²) < 4.78 is 41.7. The van der Waals surface area contributed by atoms with Gasteiger partial charge in [0.25, 0.3) is 0 Å². The molecule has 0 saturated heterocycles. The Morgan fingerprint density at radius 2 is 1.50 bits per heavy atom. The maximum absolute atomic E-state index is 13.4. The van der Waals surface area contributed by atoms with Crippen LogP contribution in [-0.4, -0.2) is 38.3 Å². The number of aliphatic carboxylic acids is 1. The standard InChI is InChI=1S/C20H19FO6S/c1-3-27-20(24)17(12-18(22)23)19(13-4-8-15(21)9-5-13)14-6-10-16(11-7-14)28(2,25)26/h4-11H,3,12H2,1-2H3,(H,22,23). The van der Waals surface area contributed by atoms with E-state index >= 15 is 0 Å². The number of ether oxygens (including phenoxy) is 1. The minimum absolute atomic E-state index is 0.0473. The van der Waals surface area contributed by atoms with Crippen LogP contribution in [0.15, 0.2) is 59.0 Å². The first-order chi connectivity index (χ1) is 13.1. The molecule has 0 atom stereocenters. The molecule has 1 N–H and O–H groups in total. The van der Waals surface area contributed by atoms with E-state index in [1.807, 2.05) is 0 Å². The lowest BCUT2D eigenvalue weighted by Gasteiger charge is -2.15. The van der Waals surface area contributed by atoms with Gasteiger partial charge in [-0.1, -0.05) is 24.3 Å². The molecule has 0 aliphatic rings. The average Bonchev–Trinajstić information content (AvgIpc) is 2.62. The number of rotatable bonds is 7. The van der Waals surface area contributed by atoms with Crippen molar-refractivity contribution in [2.45, 2.75) is 18.2 Å². The largest absolute Gasteiger partial charge is 0.481 e. The second-order valence-corrected chi connectivity index (χ2v) is 7.96. The number of hydrogen-bond donors (Lipinski definition) is 1. The molecule has 0 spiro atoms. The normalized spacial score (nSPS) is 12.2. The molecule has 0 saturated carbocycles. The molecule has 0 amide bonds. The highest BCUT2D eigenvalue weighted by molar-refractivity contribution is 7.90. The van der Waals surface area contributed by atoms with Crippen LogP contribution in [0.2, 0.25) is 0 Å². The summed E-state index contributed by atoms with van der Waals surface area (Å²) in [7, 11) is -3.43. The number of carbonyl (C=O) groups is 2. The lowest BCUT2D eigenvalue weighted by atomic mass is 9.91. The predicted molar refractivity (Wildman–Crippen MR) is 101 cm³/mol. The van der Waals surface area contributed by atoms with E-state index in [4.69, 9.17) is 4.74 Å². The van der Waals surface area contributed by atoms with Crippen molar-refractivity contribution in [1.82, 2.24) is 0 Å². The van der Waals surface area contributed by atoms with E-state index in [9.17, 15) is 27.5 Å². The van der Waals surface area contributed by atoms with Gasteiger partial charge in [-0.3, -0.25) is 4.79 Å². The van der Waals surface area contributed by atoms with E-state index in [1.54, 1.807) is 6.92 Å². The Bertz CT molecular complexity index is 1010. The van der Waals surface area contributed by atoms with E-state index < -0.39 is 34.0 Å². The molecule has 28 heavy (non-hydrogen) atoms. The Morgan fingerprint density at radius 3 is 1.93 bits per heavy atom. The van der Waals surface area contributed by atoms with Crippen LogP contribution in [-0.2, 0) is 24.2 Å². The minimum Gasteiger partial charge on any atom is -0.481 e. The summed E-state index contributed by atoms with van der Waals surface area (Å²) in [5.74, 6) is -2.54.